The van der Waals surface area contributed by atoms with E-state index >= 15 is 0 Å². The van der Waals surface area contributed by atoms with Crippen molar-refractivity contribution in [3.05, 3.63) is 41.6 Å². The zero-order valence-electron chi connectivity index (χ0n) is 21.3. The van der Waals surface area contributed by atoms with Crippen LogP contribution in [0.15, 0.2) is 30.5 Å². The molecule has 2 aliphatic rings. The molecule has 1 amide bonds. The van der Waals surface area contributed by atoms with Crippen LogP contribution in [0.4, 0.5) is 29.5 Å². The van der Waals surface area contributed by atoms with Gasteiger partial charge in [-0.1, -0.05) is 18.0 Å². The van der Waals surface area contributed by atoms with Gasteiger partial charge >= 0.3 is 18.2 Å². The quantitative estimate of drug-likeness (QED) is 0.295. The number of nitrogens with one attached hydrogen (secondary N) is 2. The number of carbonyl (C=O) groups excluding carboxylic acids is 1. The number of likely N-dealkylation sites (tertiary alicyclic amines) is 2. The molecule has 0 saturated carbocycles. The zero-order chi connectivity index (χ0) is 27.3. The molecule has 9 nitrogen and oxygen atoms in total. The van der Waals surface area contributed by atoms with Crippen LogP contribution in [-0.2, 0) is 17.5 Å². The van der Waals surface area contributed by atoms with Crippen molar-refractivity contribution in [3.63, 3.8) is 0 Å². The molecule has 0 aliphatic carbocycles. The van der Waals surface area contributed by atoms with E-state index in [2.05, 4.69) is 20.0 Å². The number of carbonyl (C=O) groups is 2. The highest BCUT2D eigenvalue weighted by Gasteiger charge is 2.44. The van der Waals surface area contributed by atoms with E-state index in [4.69, 9.17) is 5.11 Å². The summed E-state index contributed by atoms with van der Waals surface area (Å²) in [6.07, 6.45) is 2.82. The number of nitrogens with zero attached hydrogens (tertiary/aromatic N) is 4. The number of anilines is 2. The van der Waals surface area contributed by atoms with Gasteiger partial charge in [0.25, 0.3) is 0 Å². The van der Waals surface area contributed by atoms with Crippen molar-refractivity contribution >= 4 is 35.5 Å². The van der Waals surface area contributed by atoms with Crippen LogP contribution in [0.2, 0.25) is 0 Å². The Morgan fingerprint density at radius 3 is 2.61 bits per heavy atom. The molecule has 4 rings (SSSR count). The predicted octanol–water partition coefficient (Wildman–Crippen LogP) is 4.97. The standard InChI is InChI=1S/C25H33F3N6O3S/c1-38-31-21-7-13-34(30-21)23(37)32-14-9-24(10-15-32)8-3-12-33(24)17-18-5-6-19(25(26,27)28)16-20(18)29-11-2-4-22(35)36/h5-7,13,16,29H,2-4,8-12,14-15,17H2,1H3,(H,30,31)(H,35,36). The number of aromatic nitrogens is 2. The first-order valence-electron chi connectivity index (χ1n) is 12.7. The fourth-order valence-corrected chi connectivity index (χ4v) is 5.70. The molecule has 208 valence electrons. The van der Waals surface area contributed by atoms with E-state index in [-0.39, 0.29) is 24.5 Å². The average molecular weight is 555 g/mol. The number of rotatable bonds is 9. The van der Waals surface area contributed by atoms with Crippen LogP contribution in [-0.4, -0.2) is 74.7 Å². The third kappa shape index (κ3) is 6.55. The van der Waals surface area contributed by atoms with E-state index in [1.165, 1.54) is 22.7 Å². The average Bonchev–Trinajstić information content (AvgIpc) is 3.49. The van der Waals surface area contributed by atoms with Crippen LogP contribution >= 0.6 is 11.9 Å². The summed E-state index contributed by atoms with van der Waals surface area (Å²) in [6.45, 7) is 2.73. The highest BCUT2D eigenvalue weighted by atomic mass is 32.2. The van der Waals surface area contributed by atoms with Crippen LogP contribution in [0, 0.1) is 0 Å². The topological polar surface area (TPSA) is 103 Å². The smallest absolute Gasteiger partial charge is 0.416 e. The molecule has 38 heavy (non-hydrogen) atoms. The Balaban J connectivity index is 1.44. The Morgan fingerprint density at radius 2 is 1.92 bits per heavy atom. The molecule has 3 heterocycles. The van der Waals surface area contributed by atoms with E-state index in [1.807, 2.05) is 6.26 Å². The molecule has 1 aromatic carbocycles. The SMILES string of the molecule is CSNc1ccn(C(=O)N2CCC3(CCCN3Cc3ccc(C(F)(F)F)cc3NCCCC(=O)O)CC2)n1. The number of halogens is 3. The zero-order valence-corrected chi connectivity index (χ0v) is 22.1. The number of alkyl halides is 3. The minimum absolute atomic E-state index is 0.0559. The first-order chi connectivity index (χ1) is 18.1. The third-order valence-electron chi connectivity index (χ3n) is 7.38. The van der Waals surface area contributed by atoms with Gasteiger partial charge < -0.3 is 20.0 Å². The van der Waals surface area contributed by atoms with Gasteiger partial charge in [0, 0.05) is 62.3 Å². The number of amides is 1. The van der Waals surface area contributed by atoms with Crippen molar-refractivity contribution in [1.29, 1.82) is 0 Å². The van der Waals surface area contributed by atoms with Crippen LogP contribution in [0.3, 0.4) is 0 Å². The second kappa shape index (κ2) is 11.9. The van der Waals surface area contributed by atoms with E-state index in [0.717, 1.165) is 49.9 Å². The molecule has 0 atom stereocenters. The molecule has 2 saturated heterocycles. The summed E-state index contributed by atoms with van der Waals surface area (Å²) in [5.74, 6) is -0.324. The fourth-order valence-electron chi connectivity index (χ4n) is 5.38. The van der Waals surface area contributed by atoms with E-state index < -0.39 is 17.7 Å². The molecule has 1 spiro atoms. The van der Waals surface area contributed by atoms with Crippen molar-refractivity contribution in [2.24, 2.45) is 0 Å². The maximum absolute atomic E-state index is 13.4. The summed E-state index contributed by atoms with van der Waals surface area (Å²) in [6, 6.07) is 5.31. The molecule has 2 aromatic rings. The van der Waals surface area contributed by atoms with Gasteiger partial charge in [-0.2, -0.15) is 17.9 Å². The lowest BCUT2D eigenvalue weighted by atomic mass is 9.84. The lowest BCUT2D eigenvalue weighted by Gasteiger charge is -2.45. The van der Waals surface area contributed by atoms with Gasteiger partial charge in [-0.3, -0.25) is 9.69 Å². The molecular formula is C25H33F3N6O3S. The Kier molecular flexibility index (Phi) is 8.76. The normalized spacial score (nSPS) is 17.6. The van der Waals surface area contributed by atoms with Crippen molar-refractivity contribution in [3.8, 4) is 0 Å². The number of aliphatic carboxylic acids is 1. The van der Waals surface area contributed by atoms with Crippen LogP contribution in [0.25, 0.3) is 0 Å². The second-order valence-electron chi connectivity index (χ2n) is 9.76. The molecule has 3 N–H and O–H groups in total. The molecule has 0 unspecified atom stereocenters. The van der Waals surface area contributed by atoms with Crippen LogP contribution < -0.4 is 10.0 Å². The van der Waals surface area contributed by atoms with Crippen molar-refractivity contribution in [2.75, 3.05) is 42.5 Å². The maximum Gasteiger partial charge on any atom is 0.416 e. The molecule has 0 bridgehead atoms. The molecule has 13 heteroatoms. The highest BCUT2D eigenvalue weighted by molar-refractivity contribution is 7.99. The summed E-state index contributed by atoms with van der Waals surface area (Å²) >= 11 is 1.40. The lowest BCUT2D eigenvalue weighted by molar-refractivity contribution is -0.138. The number of carboxylic acids is 1. The van der Waals surface area contributed by atoms with Gasteiger partial charge in [0.2, 0.25) is 0 Å². The largest absolute Gasteiger partial charge is 0.481 e. The monoisotopic (exact) mass is 554 g/mol. The van der Waals surface area contributed by atoms with Crippen LogP contribution in [0.1, 0.15) is 49.7 Å². The summed E-state index contributed by atoms with van der Waals surface area (Å²) in [5, 5.41) is 16.2. The minimum Gasteiger partial charge on any atom is -0.481 e. The predicted molar refractivity (Wildman–Crippen MR) is 140 cm³/mol. The number of hydrogen-bond donors (Lipinski definition) is 3. The molecule has 2 fully saturated rings. The fraction of sp³-hybridized carbons (Fsp3) is 0.560. The first-order valence-corrected chi connectivity index (χ1v) is 13.9. The molecule has 2 aliphatic heterocycles. The van der Waals surface area contributed by atoms with Gasteiger partial charge in [-0.25, -0.2) is 4.79 Å². The number of hydrogen-bond acceptors (Lipinski definition) is 7. The minimum atomic E-state index is -4.47. The Bertz CT molecular complexity index is 1130. The second-order valence-corrected chi connectivity index (χ2v) is 10.4. The van der Waals surface area contributed by atoms with Crippen molar-refractivity contribution < 1.29 is 27.9 Å². The summed E-state index contributed by atoms with van der Waals surface area (Å²) in [5.41, 5.74) is 0.279. The van der Waals surface area contributed by atoms with E-state index in [0.29, 0.717) is 37.6 Å². The van der Waals surface area contributed by atoms with E-state index in [1.54, 1.807) is 17.2 Å². The summed E-state index contributed by atoms with van der Waals surface area (Å²) in [7, 11) is 0. The van der Waals surface area contributed by atoms with Gasteiger partial charge in [-0.15, -0.1) is 5.10 Å². The molecule has 1 aromatic heterocycles. The third-order valence-corrected chi connectivity index (χ3v) is 7.79. The molecule has 0 radical (unpaired) electrons. The Labute approximate surface area is 223 Å². The maximum atomic E-state index is 13.4. The van der Waals surface area contributed by atoms with E-state index in [9.17, 15) is 22.8 Å². The van der Waals surface area contributed by atoms with Crippen molar-refractivity contribution in [2.45, 2.75) is 56.8 Å². The summed E-state index contributed by atoms with van der Waals surface area (Å²) < 4.78 is 44.5. The van der Waals surface area contributed by atoms with Crippen molar-refractivity contribution in [1.82, 2.24) is 19.6 Å². The molecular weight excluding hydrogens is 521 g/mol. The Hall–Kier alpha value is -2.93. The lowest BCUT2D eigenvalue weighted by Crippen LogP contribution is -2.53. The highest BCUT2D eigenvalue weighted by Crippen LogP contribution is 2.41. The number of carboxylic acid groups (broad SMARTS) is 1. The van der Waals surface area contributed by atoms with Crippen LogP contribution in [0.5, 0.6) is 0 Å². The van der Waals surface area contributed by atoms with Gasteiger partial charge in [-0.05, 0) is 56.3 Å². The number of piperidine rings is 1. The summed E-state index contributed by atoms with van der Waals surface area (Å²) in [4.78, 5) is 27.9. The van der Waals surface area contributed by atoms with Gasteiger partial charge in [0.1, 0.15) is 0 Å². The number of benzene rings is 1. The van der Waals surface area contributed by atoms with Gasteiger partial charge in [0.05, 0.1) is 5.56 Å². The first kappa shape index (κ1) is 28.1. The van der Waals surface area contributed by atoms with Gasteiger partial charge in [0.15, 0.2) is 5.82 Å². The Morgan fingerprint density at radius 1 is 1.16 bits per heavy atom.